The second-order valence-corrected chi connectivity index (χ2v) is 6.29. The molecule has 6 heteroatoms. The van der Waals surface area contributed by atoms with Crippen LogP contribution < -0.4 is 10.6 Å². The van der Waals surface area contributed by atoms with Gasteiger partial charge in [0.15, 0.2) is 0 Å². The van der Waals surface area contributed by atoms with Crippen LogP contribution in [0.25, 0.3) is 0 Å². The molecule has 2 bridgehead atoms. The van der Waals surface area contributed by atoms with E-state index in [1.165, 1.54) is 0 Å². The summed E-state index contributed by atoms with van der Waals surface area (Å²) in [4.78, 5) is 16.9. The summed E-state index contributed by atoms with van der Waals surface area (Å²) in [5.74, 6) is 0. The third-order valence-electron chi connectivity index (χ3n) is 4.46. The highest BCUT2D eigenvalue weighted by Crippen LogP contribution is 2.15. The third kappa shape index (κ3) is 3.84. The number of fused-ring (bicyclic) bond motifs is 3. The van der Waals surface area contributed by atoms with Gasteiger partial charge in [0.1, 0.15) is 0 Å². The summed E-state index contributed by atoms with van der Waals surface area (Å²) in [6.07, 6.45) is 1.71. The van der Waals surface area contributed by atoms with Gasteiger partial charge in [0.2, 0.25) is 0 Å². The van der Waals surface area contributed by atoms with E-state index in [1.807, 2.05) is 13.8 Å². The Hall–Kier alpha value is -0.850. The second kappa shape index (κ2) is 6.74. The number of piperazine rings is 3. The van der Waals surface area contributed by atoms with Crippen molar-refractivity contribution < 1.29 is 9.90 Å². The molecule has 20 heavy (non-hydrogen) atoms. The fourth-order valence-electron chi connectivity index (χ4n) is 3.18. The van der Waals surface area contributed by atoms with Crippen molar-refractivity contribution in [1.29, 1.82) is 0 Å². The smallest absolute Gasteiger partial charge is 0.315 e. The first-order valence-electron chi connectivity index (χ1n) is 7.69. The first kappa shape index (κ1) is 15.5. The topological polar surface area (TPSA) is 67.8 Å². The SMILES string of the molecule is CCCC(C)(CO)NC(=O)NCC1CN2CCN1CC2. The number of aliphatic hydroxyl groups excluding tert-OH is 1. The zero-order chi connectivity index (χ0) is 14.6. The zero-order valence-electron chi connectivity index (χ0n) is 12.7. The number of nitrogens with zero attached hydrogens (tertiary/aromatic N) is 2. The van der Waals surface area contributed by atoms with Gasteiger partial charge in [-0.2, -0.15) is 0 Å². The highest BCUT2D eigenvalue weighted by molar-refractivity contribution is 5.74. The molecule has 3 N–H and O–H groups in total. The van der Waals surface area contributed by atoms with Gasteiger partial charge in [-0.1, -0.05) is 13.3 Å². The maximum absolute atomic E-state index is 12.0. The standard InChI is InChI=1S/C14H28N4O2/c1-3-4-14(2,11-19)16-13(20)15-9-12-10-17-5-7-18(12)8-6-17/h12,19H,3-11H2,1-2H3,(H2,15,16,20). The van der Waals surface area contributed by atoms with E-state index >= 15 is 0 Å². The van der Waals surface area contributed by atoms with Crippen LogP contribution in [-0.4, -0.2) is 78.4 Å². The van der Waals surface area contributed by atoms with E-state index in [0.717, 1.165) is 45.6 Å². The van der Waals surface area contributed by atoms with Gasteiger partial charge in [0, 0.05) is 45.3 Å². The number of carbonyl (C=O) groups is 1. The Morgan fingerprint density at radius 1 is 1.35 bits per heavy atom. The molecule has 3 heterocycles. The van der Waals surface area contributed by atoms with Gasteiger partial charge >= 0.3 is 6.03 Å². The van der Waals surface area contributed by atoms with Crippen molar-refractivity contribution >= 4 is 6.03 Å². The fourth-order valence-corrected chi connectivity index (χ4v) is 3.18. The molecule has 2 atom stereocenters. The van der Waals surface area contributed by atoms with Crippen LogP contribution in [0.2, 0.25) is 0 Å². The number of hydrogen-bond acceptors (Lipinski definition) is 4. The molecular weight excluding hydrogens is 256 g/mol. The Labute approximate surface area is 121 Å². The minimum Gasteiger partial charge on any atom is -0.394 e. The maximum Gasteiger partial charge on any atom is 0.315 e. The Bertz CT molecular complexity index is 331. The average Bonchev–Trinajstić information content (AvgIpc) is 2.46. The number of amides is 2. The molecule has 0 aliphatic carbocycles. The number of urea groups is 1. The van der Waals surface area contributed by atoms with Gasteiger partial charge in [0.25, 0.3) is 0 Å². The summed E-state index contributed by atoms with van der Waals surface area (Å²) in [5.41, 5.74) is -0.520. The summed E-state index contributed by atoms with van der Waals surface area (Å²) in [6.45, 7) is 10.2. The van der Waals surface area contributed by atoms with E-state index in [2.05, 4.69) is 20.4 Å². The molecule has 2 unspecified atom stereocenters. The van der Waals surface area contributed by atoms with E-state index in [1.54, 1.807) is 0 Å². The zero-order valence-corrected chi connectivity index (χ0v) is 12.7. The minimum absolute atomic E-state index is 0.0302. The lowest BCUT2D eigenvalue weighted by atomic mass is 9.98. The Kier molecular flexibility index (Phi) is 5.23. The van der Waals surface area contributed by atoms with E-state index < -0.39 is 5.54 Å². The Morgan fingerprint density at radius 2 is 2.05 bits per heavy atom. The third-order valence-corrected chi connectivity index (χ3v) is 4.46. The van der Waals surface area contributed by atoms with Crippen molar-refractivity contribution in [2.24, 2.45) is 0 Å². The van der Waals surface area contributed by atoms with Crippen LogP contribution in [0.1, 0.15) is 26.7 Å². The fraction of sp³-hybridized carbons (Fsp3) is 0.929. The summed E-state index contributed by atoms with van der Waals surface area (Å²) in [6, 6.07) is 0.252. The first-order valence-corrected chi connectivity index (χ1v) is 7.69. The summed E-state index contributed by atoms with van der Waals surface area (Å²) in [7, 11) is 0. The van der Waals surface area contributed by atoms with E-state index in [0.29, 0.717) is 12.6 Å². The van der Waals surface area contributed by atoms with E-state index in [-0.39, 0.29) is 12.6 Å². The lowest BCUT2D eigenvalue weighted by molar-refractivity contribution is 0.0146. The summed E-state index contributed by atoms with van der Waals surface area (Å²) < 4.78 is 0. The molecule has 3 aliphatic heterocycles. The van der Waals surface area contributed by atoms with Crippen molar-refractivity contribution in [1.82, 2.24) is 20.4 Å². The Morgan fingerprint density at radius 3 is 2.55 bits per heavy atom. The van der Waals surface area contributed by atoms with Crippen LogP contribution in [-0.2, 0) is 0 Å². The average molecular weight is 284 g/mol. The molecule has 0 radical (unpaired) electrons. The molecule has 0 spiro atoms. The lowest BCUT2D eigenvalue weighted by Crippen LogP contribution is -2.64. The van der Waals surface area contributed by atoms with Crippen molar-refractivity contribution in [2.75, 3.05) is 45.9 Å². The van der Waals surface area contributed by atoms with E-state index in [4.69, 9.17) is 0 Å². The molecule has 3 rings (SSSR count). The molecule has 116 valence electrons. The molecule has 3 fully saturated rings. The van der Waals surface area contributed by atoms with Crippen LogP contribution in [0.5, 0.6) is 0 Å². The predicted octanol–water partition coefficient (Wildman–Crippen LogP) is -0.163. The number of hydrogen-bond donors (Lipinski definition) is 3. The lowest BCUT2D eigenvalue weighted by Gasteiger charge is -2.47. The highest BCUT2D eigenvalue weighted by Gasteiger charge is 2.32. The number of rotatable bonds is 6. The Balaban J connectivity index is 1.75. The van der Waals surface area contributed by atoms with E-state index in [9.17, 15) is 9.90 Å². The molecule has 3 saturated heterocycles. The van der Waals surface area contributed by atoms with Crippen molar-refractivity contribution in [3.05, 3.63) is 0 Å². The van der Waals surface area contributed by atoms with Gasteiger partial charge in [-0.25, -0.2) is 4.79 Å². The van der Waals surface area contributed by atoms with Gasteiger partial charge in [0.05, 0.1) is 12.1 Å². The van der Waals surface area contributed by atoms with Crippen LogP contribution >= 0.6 is 0 Å². The van der Waals surface area contributed by atoms with Crippen LogP contribution in [0.15, 0.2) is 0 Å². The quantitative estimate of drug-likeness (QED) is 0.634. The molecule has 0 aromatic carbocycles. The van der Waals surface area contributed by atoms with Crippen molar-refractivity contribution in [2.45, 2.75) is 38.3 Å². The minimum atomic E-state index is -0.520. The normalized spacial score (nSPS) is 31.6. The van der Waals surface area contributed by atoms with Crippen LogP contribution in [0.4, 0.5) is 4.79 Å². The predicted molar refractivity (Wildman–Crippen MR) is 78.7 cm³/mol. The maximum atomic E-state index is 12.0. The number of aliphatic hydroxyl groups is 1. The highest BCUT2D eigenvalue weighted by atomic mass is 16.3. The van der Waals surface area contributed by atoms with Crippen molar-refractivity contribution in [3.8, 4) is 0 Å². The number of carbonyl (C=O) groups excluding carboxylic acids is 1. The van der Waals surface area contributed by atoms with Crippen molar-refractivity contribution in [3.63, 3.8) is 0 Å². The molecule has 3 aliphatic rings. The second-order valence-electron chi connectivity index (χ2n) is 6.29. The molecular formula is C14H28N4O2. The molecule has 0 saturated carbocycles. The largest absolute Gasteiger partial charge is 0.394 e. The van der Waals surface area contributed by atoms with Crippen LogP contribution in [0, 0.1) is 0 Å². The van der Waals surface area contributed by atoms with Gasteiger partial charge in [-0.15, -0.1) is 0 Å². The summed E-state index contributed by atoms with van der Waals surface area (Å²) >= 11 is 0. The summed E-state index contributed by atoms with van der Waals surface area (Å²) in [5, 5.41) is 15.3. The molecule has 6 nitrogen and oxygen atoms in total. The molecule has 0 aromatic rings. The van der Waals surface area contributed by atoms with Gasteiger partial charge in [-0.05, 0) is 13.3 Å². The first-order chi connectivity index (χ1) is 9.56. The van der Waals surface area contributed by atoms with Gasteiger partial charge < -0.3 is 15.7 Å². The van der Waals surface area contributed by atoms with Gasteiger partial charge in [-0.3, -0.25) is 9.80 Å². The van der Waals surface area contributed by atoms with Crippen LogP contribution in [0.3, 0.4) is 0 Å². The molecule has 0 aromatic heterocycles. The molecule has 2 amide bonds. The number of nitrogens with one attached hydrogen (secondary N) is 2. The monoisotopic (exact) mass is 284 g/mol.